The van der Waals surface area contributed by atoms with Gasteiger partial charge in [-0.2, -0.15) is 0 Å². The maximum atomic E-state index is 7.57. The monoisotopic (exact) mass is 715 g/mol. The van der Waals surface area contributed by atoms with E-state index in [-0.39, 0.29) is 0 Å². The summed E-state index contributed by atoms with van der Waals surface area (Å²) in [5.41, 5.74) is 6.01. The fourth-order valence-electron chi connectivity index (χ4n) is 7.39. The van der Waals surface area contributed by atoms with Crippen molar-refractivity contribution < 1.29 is 18.5 Å². The Morgan fingerprint density at radius 3 is 1.87 bits per heavy atom. The van der Waals surface area contributed by atoms with E-state index in [4.69, 9.17) is 23.5 Å². The Balaban J connectivity index is 1.27. The molecule has 0 spiro atoms. The minimum Gasteiger partial charge on any atom is -0.497 e. The SMILES string of the molecule is CCO/C(=N\CC(Cc1ccccc1)(Cc1ccccc1)OP1Cc2ccc3ccccc3c2-c2c(ccc3ccccc23)O1)c1ccc(OC)cc1. The molecule has 1 aliphatic heterocycles. The summed E-state index contributed by atoms with van der Waals surface area (Å²) in [5, 5.41) is 4.77. The van der Waals surface area contributed by atoms with Gasteiger partial charge in [-0.1, -0.05) is 127 Å². The number of hydrogen-bond acceptors (Lipinski definition) is 5. The molecule has 0 aromatic heterocycles. The Labute approximate surface area is 312 Å². The van der Waals surface area contributed by atoms with E-state index < -0.39 is 14.0 Å². The van der Waals surface area contributed by atoms with E-state index in [1.54, 1.807) is 7.11 Å². The molecule has 264 valence electrons. The molecule has 0 amide bonds. The predicted octanol–water partition coefficient (Wildman–Crippen LogP) is 11.6. The molecule has 1 unspecified atom stereocenters. The van der Waals surface area contributed by atoms with Crippen LogP contribution in [0, 0.1) is 0 Å². The van der Waals surface area contributed by atoms with Crippen LogP contribution in [0.2, 0.25) is 0 Å². The number of fused-ring (bicyclic) bond motifs is 7. The molecule has 8 rings (SSSR count). The Bertz CT molecular complexity index is 2230. The van der Waals surface area contributed by atoms with Crippen LogP contribution >= 0.6 is 8.38 Å². The molecule has 0 radical (unpaired) electrons. The van der Waals surface area contributed by atoms with Gasteiger partial charge in [0.15, 0.2) is 0 Å². The molecule has 0 aliphatic carbocycles. The molecule has 1 atom stereocenters. The summed E-state index contributed by atoms with van der Waals surface area (Å²) in [4.78, 5) is 5.25. The lowest BCUT2D eigenvalue weighted by atomic mass is 9.88. The molecule has 5 nitrogen and oxygen atoms in total. The van der Waals surface area contributed by atoms with Crippen LogP contribution < -0.4 is 9.26 Å². The van der Waals surface area contributed by atoms with E-state index in [0.717, 1.165) is 22.6 Å². The number of aliphatic imine (C=N–C) groups is 1. The number of ether oxygens (including phenoxy) is 2. The first-order valence-electron chi connectivity index (χ1n) is 18.2. The molecule has 0 saturated heterocycles. The zero-order valence-electron chi connectivity index (χ0n) is 30.1. The summed E-state index contributed by atoms with van der Waals surface area (Å²) >= 11 is 0. The van der Waals surface area contributed by atoms with Crippen molar-refractivity contribution in [2.24, 2.45) is 4.99 Å². The fraction of sp³-hybridized carbons (Fsp3) is 0.170. The Morgan fingerprint density at radius 1 is 0.660 bits per heavy atom. The van der Waals surface area contributed by atoms with Crippen molar-refractivity contribution in [1.29, 1.82) is 0 Å². The normalized spacial score (nSPS) is 14.2. The van der Waals surface area contributed by atoms with Crippen molar-refractivity contribution in [2.45, 2.75) is 31.5 Å². The highest BCUT2D eigenvalue weighted by atomic mass is 31.2. The van der Waals surface area contributed by atoms with Crippen molar-refractivity contribution in [2.75, 3.05) is 20.3 Å². The van der Waals surface area contributed by atoms with Gasteiger partial charge in [-0.25, -0.2) is 4.99 Å². The first kappa shape index (κ1) is 34.6. The molecule has 53 heavy (non-hydrogen) atoms. The van der Waals surface area contributed by atoms with Gasteiger partial charge in [0.25, 0.3) is 0 Å². The lowest BCUT2D eigenvalue weighted by Crippen LogP contribution is -2.40. The van der Waals surface area contributed by atoms with Crippen LogP contribution in [0.3, 0.4) is 0 Å². The summed E-state index contributed by atoms with van der Waals surface area (Å²) in [6, 6.07) is 55.0. The van der Waals surface area contributed by atoms with Gasteiger partial charge in [0.1, 0.15) is 17.1 Å². The Kier molecular flexibility index (Phi) is 10.2. The first-order valence-corrected chi connectivity index (χ1v) is 19.5. The molecule has 7 aromatic carbocycles. The minimum absolute atomic E-state index is 0.357. The van der Waals surface area contributed by atoms with Gasteiger partial charge in [-0.3, -0.25) is 0 Å². The average molecular weight is 716 g/mol. The molecule has 7 aromatic rings. The van der Waals surface area contributed by atoms with E-state index in [0.29, 0.717) is 38.1 Å². The predicted molar refractivity (Wildman–Crippen MR) is 218 cm³/mol. The van der Waals surface area contributed by atoms with Crippen molar-refractivity contribution >= 4 is 35.8 Å². The summed E-state index contributed by atoms with van der Waals surface area (Å²) < 4.78 is 26.4. The van der Waals surface area contributed by atoms with Crippen molar-refractivity contribution in [3.05, 3.63) is 180 Å². The molecule has 0 fully saturated rings. The van der Waals surface area contributed by atoms with Gasteiger partial charge in [0.2, 0.25) is 14.3 Å². The summed E-state index contributed by atoms with van der Waals surface area (Å²) in [6.45, 7) is 2.83. The lowest BCUT2D eigenvalue weighted by Gasteiger charge is -2.36. The highest BCUT2D eigenvalue weighted by Gasteiger charge is 2.39. The lowest BCUT2D eigenvalue weighted by molar-refractivity contribution is 0.0813. The van der Waals surface area contributed by atoms with Crippen molar-refractivity contribution in [1.82, 2.24) is 0 Å². The number of methoxy groups -OCH3 is 1. The van der Waals surface area contributed by atoms with Gasteiger partial charge < -0.3 is 18.5 Å². The van der Waals surface area contributed by atoms with Crippen molar-refractivity contribution in [3.8, 4) is 22.6 Å². The van der Waals surface area contributed by atoms with Crippen molar-refractivity contribution in [3.63, 3.8) is 0 Å². The number of hydrogen-bond donors (Lipinski definition) is 0. The molecular weight excluding hydrogens is 673 g/mol. The van der Waals surface area contributed by atoms with E-state index >= 15 is 0 Å². The molecule has 1 heterocycles. The van der Waals surface area contributed by atoms with Gasteiger partial charge in [-0.05, 0) is 81.1 Å². The second kappa shape index (κ2) is 15.6. The van der Waals surface area contributed by atoms with Crippen LogP contribution in [0.25, 0.3) is 32.7 Å². The summed E-state index contributed by atoms with van der Waals surface area (Å²) in [7, 11) is 0.182. The van der Waals surface area contributed by atoms with Gasteiger partial charge >= 0.3 is 0 Å². The van der Waals surface area contributed by atoms with E-state index in [1.165, 1.54) is 43.8 Å². The number of benzene rings is 7. The second-order valence-corrected chi connectivity index (χ2v) is 14.8. The van der Waals surface area contributed by atoms with Crippen LogP contribution in [0.1, 0.15) is 29.2 Å². The highest BCUT2D eigenvalue weighted by molar-refractivity contribution is 7.46. The first-order chi connectivity index (χ1) is 26.1. The van der Waals surface area contributed by atoms with E-state index in [1.807, 2.05) is 31.2 Å². The molecule has 0 saturated carbocycles. The minimum atomic E-state index is -1.49. The standard InChI is InChI=1S/C47H42NO4P/c1-3-50-46(38-24-27-40(49-2)28-25-38)48-33-47(30-34-14-6-4-7-15-34,31-35-16-8-5-9-17-35)52-53-32-39-23-22-36-18-10-12-20-41(36)44(39)45-42-21-13-11-19-37(42)26-29-43(45)51-53/h4-29H,3,30-33H2,1-2H3/b48-46-. The quantitative estimate of drug-likeness (QED) is 0.0760. The number of nitrogens with zero attached hydrogens (tertiary/aromatic N) is 1. The maximum Gasteiger partial charge on any atom is 0.235 e. The van der Waals surface area contributed by atoms with Gasteiger partial charge in [-0.15, -0.1) is 0 Å². The Morgan fingerprint density at radius 2 is 1.25 bits per heavy atom. The third-order valence-corrected chi connectivity index (χ3v) is 11.4. The van der Waals surface area contributed by atoms with Crippen LogP contribution in [0.5, 0.6) is 11.5 Å². The van der Waals surface area contributed by atoms with E-state index in [2.05, 4.69) is 133 Å². The molecule has 6 heteroatoms. The third-order valence-electron chi connectivity index (χ3n) is 9.82. The number of rotatable bonds is 11. The van der Waals surface area contributed by atoms with E-state index in [9.17, 15) is 0 Å². The third kappa shape index (κ3) is 7.55. The van der Waals surface area contributed by atoms with Crippen LogP contribution in [0.4, 0.5) is 0 Å². The smallest absolute Gasteiger partial charge is 0.235 e. The van der Waals surface area contributed by atoms with Gasteiger partial charge in [0, 0.05) is 24.0 Å². The second-order valence-electron chi connectivity index (χ2n) is 13.4. The molecule has 0 N–H and O–H groups in total. The summed E-state index contributed by atoms with van der Waals surface area (Å²) in [5.74, 6) is 2.20. The van der Waals surface area contributed by atoms with Crippen LogP contribution in [0.15, 0.2) is 163 Å². The fourth-order valence-corrected chi connectivity index (χ4v) is 9.09. The summed E-state index contributed by atoms with van der Waals surface area (Å²) in [6.07, 6.45) is 1.89. The average Bonchev–Trinajstić information content (AvgIpc) is 3.37. The Hall–Kier alpha value is -5.48. The topological polar surface area (TPSA) is 49.3 Å². The highest BCUT2D eigenvalue weighted by Crippen LogP contribution is 2.56. The molecule has 0 bridgehead atoms. The van der Waals surface area contributed by atoms with Crippen LogP contribution in [-0.2, 0) is 28.3 Å². The van der Waals surface area contributed by atoms with Crippen LogP contribution in [-0.4, -0.2) is 31.8 Å². The zero-order chi connectivity index (χ0) is 36.0. The molecule has 1 aliphatic rings. The largest absolute Gasteiger partial charge is 0.497 e. The zero-order valence-corrected chi connectivity index (χ0v) is 31.0. The maximum absolute atomic E-state index is 7.57. The molecular formula is C47H42NO4P. The van der Waals surface area contributed by atoms with Gasteiger partial charge in [0.05, 0.1) is 26.4 Å².